The minimum absolute atomic E-state index is 0.228. The maximum atomic E-state index is 6.02. The second-order valence-electron chi connectivity index (χ2n) is 5.78. The van der Waals surface area contributed by atoms with E-state index < -0.39 is 0 Å². The highest BCUT2D eigenvalue weighted by atomic mass is 35.5. The van der Waals surface area contributed by atoms with Gasteiger partial charge >= 0.3 is 0 Å². The fraction of sp³-hybridized carbons (Fsp3) is 0.600. The summed E-state index contributed by atoms with van der Waals surface area (Å²) < 4.78 is 5.99. The minimum Gasteiger partial charge on any atom is -0.488 e. The van der Waals surface area contributed by atoms with E-state index in [1.165, 1.54) is 18.4 Å². The first-order valence-electron chi connectivity index (χ1n) is 7.02. The zero-order valence-corrected chi connectivity index (χ0v) is 12.1. The Morgan fingerprint density at radius 1 is 1.47 bits per heavy atom. The van der Waals surface area contributed by atoms with Crippen molar-refractivity contribution in [3.05, 3.63) is 28.8 Å². The van der Waals surface area contributed by atoms with Crippen LogP contribution in [0, 0.1) is 5.92 Å². The van der Waals surface area contributed by atoms with Crippen LogP contribution >= 0.6 is 11.6 Å². The number of rotatable bonds is 5. The van der Waals surface area contributed by atoms with Crippen LogP contribution in [0.3, 0.4) is 0 Å². The molecule has 4 heteroatoms. The highest BCUT2D eigenvalue weighted by Crippen LogP contribution is 2.36. The molecule has 0 amide bonds. The van der Waals surface area contributed by atoms with E-state index in [2.05, 4.69) is 11.9 Å². The third-order valence-electron chi connectivity index (χ3n) is 4.23. The van der Waals surface area contributed by atoms with Gasteiger partial charge in [0.05, 0.1) is 0 Å². The predicted molar refractivity (Wildman–Crippen MR) is 77.8 cm³/mol. The molecule has 2 atom stereocenters. The maximum Gasteiger partial charge on any atom is 0.123 e. The molecule has 19 heavy (non-hydrogen) atoms. The lowest BCUT2D eigenvalue weighted by atomic mass is 10.1. The highest BCUT2D eigenvalue weighted by molar-refractivity contribution is 6.30. The first kappa shape index (κ1) is 13.2. The van der Waals surface area contributed by atoms with Crippen LogP contribution in [0.25, 0.3) is 0 Å². The Balaban J connectivity index is 1.60. The van der Waals surface area contributed by atoms with E-state index >= 15 is 0 Å². The molecule has 0 aromatic heterocycles. The Bertz CT molecular complexity index is 461. The molecule has 1 heterocycles. The number of ether oxygens (including phenoxy) is 1. The van der Waals surface area contributed by atoms with Crippen LogP contribution in [0.2, 0.25) is 5.02 Å². The Hall–Kier alpha value is -0.770. The lowest BCUT2D eigenvalue weighted by Gasteiger charge is -2.29. The SMILES string of the molecule is CN(CC1Cc2cc(Cl)ccc2O1)C(CN)C1CC1. The van der Waals surface area contributed by atoms with Crippen LogP contribution in [-0.4, -0.2) is 37.2 Å². The molecule has 3 rings (SSSR count). The Labute approximate surface area is 119 Å². The third-order valence-corrected chi connectivity index (χ3v) is 4.46. The quantitative estimate of drug-likeness (QED) is 0.900. The molecule has 0 bridgehead atoms. The molecule has 0 spiro atoms. The number of nitrogens with two attached hydrogens (primary N) is 1. The average molecular weight is 281 g/mol. The molecule has 1 aliphatic heterocycles. The number of hydrogen-bond donors (Lipinski definition) is 1. The summed E-state index contributed by atoms with van der Waals surface area (Å²) in [6, 6.07) is 6.38. The van der Waals surface area contributed by atoms with Crippen molar-refractivity contribution in [2.75, 3.05) is 20.1 Å². The van der Waals surface area contributed by atoms with Crippen LogP contribution in [0.4, 0.5) is 0 Å². The third kappa shape index (κ3) is 2.88. The number of benzene rings is 1. The summed E-state index contributed by atoms with van der Waals surface area (Å²) >= 11 is 6.02. The summed E-state index contributed by atoms with van der Waals surface area (Å²) in [4.78, 5) is 2.37. The van der Waals surface area contributed by atoms with Gasteiger partial charge in [0.2, 0.25) is 0 Å². The van der Waals surface area contributed by atoms with Crippen LogP contribution in [0.5, 0.6) is 5.75 Å². The van der Waals surface area contributed by atoms with Gasteiger partial charge in [0, 0.05) is 30.6 Å². The van der Waals surface area contributed by atoms with Crippen molar-refractivity contribution >= 4 is 11.6 Å². The fourth-order valence-electron chi connectivity index (χ4n) is 3.06. The maximum absolute atomic E-state index is 6.02. The van der Waals surface area contributed by atoms with E-state index in [1.807, 2.05) is 18.2 Å². The van der Waals surface area contributed by atoms with E-state index in [0.29, 0.717) is 6.04 Å². The van der Waals surface area contributed by atoms with Crippen LogP contribution in [0.1, 0.15) is 18.4 Å². The molecule has 2 N–H and O–H groups in total. The van der Waals surface area contributed by atoms with Gasteiger partial charge in [0.25, 0.3) is 0 Å². The monoisotopic (exact) mass is 280 g/mol. The smallest absolute Gasteiger partial charge is 0.123 e. The summed E-state index contributed by atoms with van der Waals surface area (Å²) in [5.74, 6) is 1.78. The van der Waals surface area contributed by atoms with Crippen molar-refractivity contribution in [1.82, 2.24) is 4.90 Å². The van der Waals surface area contributed by atoms with Crippen molar-refractivity contribution in [1.29, 1.82) is 0 Å². The molecule has 1 aromatic carbocycles. The standard InChI is InChI=1S/C15H21ClN2O/c1-18(14(8-17)10-2-3-10)9-13-7-11-6-12(16)4-5-15(11)19-13/h4-6,10,13-14H,2-3,7-9,17H2,1H3. The first-order valence-corrected chi connectivity index (χ1v) is 7.40. The molecule has 2 unspecified atom stereocenters. The minimum atomic E-state index is 0.228. The molecule has 0 radical (unpaired) electrons. The van der Waals surface area contributed by atoms with Crippen molar-refractivity contribution in [3.63, 3.8) is 0 Å². The Kier molecular flexibility index (Phi) is 3.70. The summed E-state index contributed by atoms with van der Waals surface area (Å²) in [5, 5.41) is 0.786. The molecule has 3 nitrogen and oxygen atoms in total. The van der Waals surface area contributed by atoms with Crippen LogP contribution < -0.4 is 10.5 Å². The van der Waals surface area contributed by atoms with Gasteiger partial charge in [-0.05, 0) is 49.6 Å². The van der Waals surface area contributed by atoms with Gasteiger partial charge in [-0.1, -0.05) is 11.6 Å². The van der Waals surface area contributed by atoms with Crippen molar-refractivity contribution < 1.29 is 4.74 Å². The molecular formula is C15H21ClN2O. The lowest BCUT2D eigenvalue weighted by Crippen LogP contribution is -2.44. The van der Waals surface area contributed by atoms with E-state index in [0.717, 1.165) is 36.2 Å². The van der Waals surface area contributed by atoms with Gasteiger partial charge in [-0.2, -0.15) is 0 Å². The predicted octanol–water partition coefficient (Wildman–Crippen LogP) is 2.31. The number of likely N-dealkylation sites (N-methyl/N-ethyl adjacent to an activating group) is 1. The molecule has 2 aliphatic rings. The summed E-state index contributed by atoms with van der Waals surface area (Å²) in [6.07, 6.45) is 3.83. The summed E-state index contributed by atoms with van der Waals surface area (Å²) in [5.41, 5.74) is 7.12. The van der Waals surface area contributed by atoms with E-state index in [-0.39, 0.29) is 6.10 Å². The van der Waals surface area contributed by atoms with E-state index in [9.17, 15) is 0 Å². The van der Waals surface area contributed by atoms with Gasteiger partial charge in [-0.3, -0.25) is 4.90 Å². The van der Waals surface area contributed by atoms with Crippen molar-refractivity contribution in [2.24, 2.45) is 11.7 Å². The van der Waals surface area contributed by atoms with Gasteiger partial charge in [0.1, 0.15) is 11.9 Å². The number of fused-ring (bicyclic) bond motifs is 1. The van der Waals surface area contributed by atoms with E-state index in [4.69, 9.17) is 22.1 Å². The molecule has 104 valence electrons. The second-order valence-corrected chi connectivity index (χ2v) is 6.21. The summed E-state index contributed by atoms with van der Waals surface area (Å²) in [7, 11) is 2.16. The molecule has 1 aromatic rings. The molecule has 1 aliphatic carbocycles. The molecule has 1 saturated carbocycles. The van der Waals surface area contributed by atoms with Gasteiger partial charge in [-0.15, -0.1) is 0 Å². The summed E-state index contributed by atoms with van der Waals surface area (Å²) in [6.45, 7) is 1.68. The highest BCUT2D eigenvalue weighted by Gasteiger charge is 2.34. The van der Waals surface area contributed by atoms with Crippen LogP contribution in [-0.2, 0) is 6.42 Å². The Morgan fingerprint density at radius 2 is 2.26 bits per heavy atom. The van der Waals surface area contributed by atoms with Gasteiger partial charge < -0.3 is 10.5 Å². The lowest BCUT2D eigenvalue weighted by molar-refractivity contribution is 0.132. The van der Waals surface area contributed by atoms with Crippen LogP contribution in [0.15, 0.2) is 18.2 Å². The fourth-order valence-corrected chi connectivity index (χ4v) is 3.26. The van der Waals surface area contributed by atoms with Crippen molar-refractivity contribution in [3.8, 4) is 5.75 Å². The number of halogens is 1. The van der Waals surface area contributed by atoms with Gasteiger partial charge in [-0.25, -0.2) is 0 Å². The Morgan fingerprint density at radius 3 is 2.95 bits per heavy atom. The molecular weight excluding hydrogens is 260 g/mol. The van der Waals surface area contributed by atoms with E-state index in [1.54, 1.807) is 0 Å². The normalized spacial score (nSPS) is 23.3. The zero-order chi connectivity index (χ0) is 13.4. The second kappa shape index (κ2) is 5.31. The number of nitrogens with zero attached hydrogens (tertiary/aromatic N) is 1. The van der Waals surface area contributed by atoms with Crippen molar-refractivity contribution in [2.45, 2.75) is 31.4 Å². The zero-order valence-electron chi connectivity index (χ0n) is 11.3. The first-order chi connectivity index (χ1) is 9.17. The largest absolute Gasteiger partial charge is 0.488 e. The topological polar surface area (TPSA) is 38.5 Å². The molecule has 0 saturated heterocycles. The van der Waals surface area contributed by atoms with Gasteiger partial charge in [0.15, 0.2) is 0 Å². The number of hydrogen-bond acceptors (Lipinski definition) is 3. The molecule has 1 fully saturated rings. The average Bonchev–Trinajstić information content (AvgIpc) is 3.11.